The molecule has 3 amide bonds. The topological polar surface area (TPSA) is 157 Å². The summed E-state index contributed by atoms with van der Waals surface area (Å²) in [5.41, 5.74) is 0.892. The molecule has 2 aromatic carbocycles. The Morgan fingerprint density at radius 3 is 2.51 bits per heavy atom. The molecule has 3 rings (SSSR count). The van der Waals surface area contributed by atoms with Crippen LogP contribution in [0.3, 0.4) is 0 Å². The Morgan fingerprint density at radius 2 is 1.86 bits per heavy atom. The molecule has 0 aromatic heterocycles. The van der Waals surface area contributed by atoms with Gasteiger partial charge in [-0.15, -0.1) is 0 Å². The van der Waals surface area contributed by atoms with Gasteiger partial charge in [-0.05, 0) is 55.3 Å². The number of piperidine rings is 1. The molecule has 0 bridgehead atoms. The summed E-state index contributed by atoms with van der Waals surface area (Å²) in [6.07, 6.45) is 2.56. The zero-order valence-corrected chi connectivity index (χ0v) is 19.6. The van der Waals surface area contributed by atoms with Crippen molar-refractivity contribution in [2.24, 2.45) is 0 Å². The minimum atomic E-state index is -1.36. The molecule has 0 radical (unpaired) electrons. The molecule has 1 aliphatic heterocycles. The van der Waals surface area contributed by atoms with Gasteiger partial charge in [-0.2, -0.15) is 0 Å². The fraction of sp³-hybridized carbons (Fsp3) is 0.333. The van der Waals surface area contributed by atoms with Crippen LogP contribution in [0.25, 0.3) is 0 Å². The second-order valence-corrected chi connectivity index (χ2v) is 8.57. The summed E-state index contributed by atoms with van der Waals surface area (Å²) in [5.74, 6) is -2.73. The lowest BCUT2D eigenvalue weighted by atomic mass is 10.0. The van der Waals surface area contributed by atoms with Gasteiger partial charge in [-0.3, -0.25) is 14.4 Å². The van der Waals surface area contributed by atoms with Crippen LogP contribution in [0.2, 0.25) is 5.02 Å². The maximum Gasteiger partial charge on any atom is 0.328 e. The number of benzene rings is 2. The van der Waals surface area contributed by atoms with E-state index >= 15 is 0 Å². The van der Waals surface area contributed by atoms with Crippen molar-refractivity contribution in [1.82, 2.24) is 21.3 Å². The highest BCUT2D eigenvalue weighted by Gasteiger charge is 2.26. The Hall–Kier alpha value is -3.63. The van der Waals surface area contributed by atoms with Crippen molar-refractivity contribution < 1.29 is 29.4 Å². The first-order valence-electron chi connectivity index (χ1n) is 11.1. The summed E-state index contributed by atoms with van der Waals surface area (Å²) in [6, 6.07) is 8.72. The van der Waals surface area contributed by atoms with Gasteiger partial charge in [-0.25, -0.2) is 4.79 Å². The van der Waals surface area contributed by atoms with E-state index in [0.717, 1.165) is 19.4 Å². The fourth-order valence-corrected chi connectivity index (χ4v) is 3.90. The van der Waals surface area contributed by atoms with E-state index in [1.54, 1.807) is 12.1 Å². The lowest BCUT2D eigenvalue weighted by Gasteiger charge is -2.23. The summed E-state index contributed by atoms with van der Waals surface area (Å²) < 4.78 is 0. The fourth-order valence-electron chi connectivity index (χ4n) is 3.63. The Bertz CT molecular complexity index is 1100. The largest absolute Gasteiger partial charge is 0.508 e. The van der Waals surface area contributed by atoms with Crippen molar-refractivity contribution in [3.05, 3.63) is 64.2 Å². The highest BCUT2D eigenvalue weighted by molar-refractivity contribution is 6.34. The van der Waals surface area contributed by atoms with Gasteiger partial charge in [-0.1, -0.05) is 30.2 Å². The SMILES string of the molecule is O=C(NCc1cccc(O)c1)c1ccc(C(=O)N[C@@H](CNC(=O)C2CCCCN2)C(=O)O)c(Cl)c1. The van der Waals surface area contributed by atoms with Crippen LogP contribution in [0.15, 0.2) is 42.5 Å². The number of halogens is 1. The molecule has 1 unspecified atom stereocenters. The third-order valence-corrected chi connectivity index (χ3v) is 5.86. The van der Waals surface area contributed by atoms with Gasteiger partial charge in [0.1, 0.15) is 11.8 Å². The number of carboxylic acid groups (broad SMARTS) is 1. The number of carbonyl (C=O) groups is 4. The van der Waals surface area contributed by atoms with Crippen LogP contribution in [0, 0.1) is 0 Å². The van der Waals surface area contributed by atoms with Crippen LogP contribution >= 0.6 is 11.6 Å². The summed E-state index contributed by atoms with van der Waals surface area (Å²) >= 11 is 6.20. The van der Waals surface area contributed by atoms with Crippen molar-refractivity contribution in [1.29, 1.82) is 0 Å². The second-order valence-electron chi connectivity index (χ2n) is 8.16. The molecule has 6 N–H and O–H groups in total. The number of hydrogen-bond donors (Lipinski definition) is 6. The van der Waals surface area contributed by atoms with Crippen LogP contribution < -0.4 is 21.3 Å². The van der Waals surface area contributed by atoms with Crippen molar-refractivity contribution in [3.8, 4) is 5.75 Å². The van der Waals surface area contributed by atoms with E-state index in [1.165, 1.54) is 30.3 Å². The van der Waals surface area contributed by atoms with Gasteiger partial charge in [0, 0.05) is 18.7 Å². The number of phenolic OH excluding ortho intramolecular Hbond substituents is 1. The number of amides is 3. The molecule has 2 aromatic rings. The Morgan fingerprint density at radius 1 is 1.06 bits per heavy atom. The number of rotatable bonds is 9. The summed E-state index contributed by atoms with van der Waals surface area (Å²) in [4.78, 5) is 48.9. The molecule has 1 fully saturated rings. The minimum absolute atomic E-state index is 0.0114. The van der Waals surface area contributed by atoms with E-state index in [9.17, 15) is 29.4 Å². The Labute approximate surface area is 207 Å². The number of hydrogen-bond acceptors (Lipinski definition) is 6. The van der Waals surface area contributed by atoms with Crippen LogP contribution in [0.5, 0.6) is 5.75 Å². The van der Waals surface area contributed by atoms with Crippen LogP contribution in [-0.2, 0) is 16.1 Å². The molecule has 2 atom stereocenters. The quantitative estimate of drug-likeness (QED) is 0.302. The number of nitrogens with one attached hydrogen (secondary N) is 4. The van der Waals surface area contributed by atoms with Crippen molar-refractivity contribution in [3.63, 3.8) is 0 Å². The van der Waals surface area contributed by atoms with Gasteiger partial charge in [0.2, 0.25) is 5.91 Å². The number of phenols is 1. The minimum Gasteiger partial charge on any atom is -0.508 e. The van der Waals surface area contributed by atoms with E-state index in [2.05, 4.69) is 21.3 Å². The maximum atomic E-state index is 12.6. The number of aliphatic carboxylic acids is 1. The van der Waals surface area contributed by atoms with Crippen molar-refractivity contribution in [2.75, 3.05) is 13.1 Å². The van der Waals surface area contributed by atoms with Crippen LogP contribution in [0.4, 0.5) is 0 Å². The van der Waals surface area contributed by atoms with Gasteiger partial charge in [0.15, 0.2) is 0 Å². The molecule has 1 heterocycles. The van der Waals surface area contributed by atoms with Gasteiger partial charge in [0.25, 0.3) is 11.8 Å². The molecule has 0 saturated carbocycles. The highest BCUT2D eigenvalue weighted by atomic mass is 35.5. The van der Waals surface area contributed by atoms with Gasteiger partial charge in [0.05, 0.1) is 16.6 Å². The molecule has 1 aliphatic rings. The second kappa shape index (κ2) is 12.2. The smallest absolute Gasteiger partial charge is 0.328 e. The first-order chi connectivity index (χ1) is 16.7. The molecular weight excluding hydrogens is 476 g/mol. The summed E-state index contributed by atoms with van der Waals surface area (Å²) in [7, 11) is 0. The lowest BCUT2D eigenvalue weighted by Crippen LogP contribution is -2.52. The normalized spacial score (nSPS) is 16.1. The summed E-state index contributed by atoms with van der Waals surface area (Å²) in [5, 5.41) is 29.6. The van der Waals surface area contributed by atoms with Crippen LogP contribution in [-0.4, -0.2) is 59.1 Å². The molecule has 35 heavy (non-hydrogen) atoms. The summed E-state index contributed by atoms with van der Waals surface area (Å²) in [6.45, 7) is 0.611. The van der Waals surface area contributed by atoms with Gasteiger partial charge < -0.3 is 31.5 Å². The first-order valence-corrected chi connectivity index (χ1v) is 11.5. The van der Waals surface area contributed by atoms with E-state index in [-0.39, 0.29) is 46.9 Å². The average Bonchev–Trinajstić information content (AvgIpc) is 2.85. The van der Waals surface area contributed by atoms with Crippen molar-refractivity contribution in [2.45, 2.75) is 37.9 Å². The van der Waals surface area contributed by atoms with Gasteiger partial charge >= 0.3 is 5.97 Å². The van der Waals surface area contributed by atoms with E-state index in [1.807, 2.05) is 0 Å². The standard InChI is InChI=1S/C24H27ClN4O6/c25-18-11-15(21(31)27-12-14-4-3-5-16(30)10-14)7-8-17(18)22(32)29-20(24(34)35)13-28-23(33)19-6-1-2-9-26-19/h3-5,7-8,10-11,19-20,26,30H,1-2,6,9,12-13H2,(H,27,31)(H,28,33)(H,29,32)(H,34,35)/t19?,20-/m0/s1. The van der Waals surface area contributed by atoms with Crippen LogP contribution in [0.1, 0.15) is 45.5 Å². The average molecular weight is 503 g/mol. The molecular formula is C24H27ClN4O6. The molecule has 10 nitrogen and oxygen atoms in total. The van der Waals surface area contributed by atoms with E-state index in [0.29, 0.717) is 12.0 Å². The Balaban J connectivity index is 1.57. The zero-order valence-electron chi connectivity index (χ0n) is 18.8. The Kier molecular flexibility index (Phi) is 9.04. The molecule has 0 spiro atoms. The number of carbonyl (C=O) groups excluding carboxylic acids is 3. The number of aromatic hydroxyl groups is 1. The first kappa shape index (κ1) is 26.0. The predicted octanol–water partition coefficient (Wildman–Crippen LogP) is 1.42. The zero-order chi connectivity index (χ0) is 25.4. The third-order valence-electron chi connectivity index (χ3n) is 5.55. The third kappa shape index (κ3) is 7.43. The van der Waals surface area contributed by atoms with E-state index < -0.39 is 23.8 Å². The lowest BCUT2D eigenvalue weighted by molar-refractivity contribution is -0.139. The molecule has 1 saturated heterocycles. The monoisotopic (exact) mass is 502 g/mol. The molecule has 0 aliphatic carbocycles. The van der Waals surface area contributed by atoms with Crippen molar-refractivity contribution >= 4 is 35.3 Å². The predicted molar refractivity (Wildman–Crippen MR) is 128 cm³/mol. The van der Waals surface area contributed by atoms with E-state index in [4.69, 9.17) is 11.6 Å². The highest BCUT2D eigenvalue weighted by Crippen LogP contribution is 2.19. The molecule has 186 valence electrons. The number of carboxylic acids is 1. The maximum absolute atomic E-state index is 12.6. The molecule has 11 heteroatoms.